The Morgan fingerprint density at radius 3 is 2.59 bits per heavy atom. The second-order valence-corrected chi connectivity index (χ2v) is 10.9. The minimum absolute atomic E-state index is 0.00745. The first-order valence-corrected chi connectivity index (χ1v) is 13.5. The molecule has 3 aromatic heterocycles. The van der Waals surface area contributed by atoms with Gasteiger partial charge in [-0.2, -0.15) is 10.2 Å². The van der Waals surface area contributed by atoms with Crippen LogP contribution in [-0.4, -0.2) is 97.2 Å². The molecular formula is C25H34N10OS. The number of aryl methyl sites for hydroxylation is 1. The third-order valence-corrected chi connectivity index (χ3v) is 7.90. The van der Waals surface area contributed by atoms with Gasteiger partial charge in [-0.05, 0) is 32.9 Å². The molecule has 3 aromatic rings. The fraction of sp³-hybridized carbons (Fsp3) is 0.480. The van der Waals surface area contributed by atoms with E-state index in [1.54, 1.807) is 22.6 Å². The Hall–Kier alpha value is -3.38. The van der Waals surface area contributed by atoms with E-state index in [2.05, 4.69) is 44.0 Å². The minimum Gasteiger partial charge on any atom is -0.354 e. The van der Waals surface area contributed by atoms with E-state index in [0.717, 1.165) is 67.3 Å². The number of nitrogens with one attached hydrogen (secondary N) is 2. The lowest BCUT2D eigenvalue weighted by atomic mass is 10.1. The van der Waals surface area contributed by atoms with Gasteiger partial charge in [0.25, 0.3) is 5.91 Å². The normalized spacial score (nSPS) is 17.2. The van der Waals surface area contributed by atoms with Crippen LogP contribution >= 0.6 is 11.8 Å². The number of nitrogens with zero attached hydrogens (tertiary/aromatic N) is 8. The van der Waals surface area contributed by atoms with Crippen molar-refractivity contribution < 1.29 is 4.79 Å². The van der Waals surface area contributed by atoms with E-state index in [9.17, 15) is 4.79 Å². The SMILES string of the molecule is C=C(Cn1cccn1)C(=O)N1CCC(Sc2nc(Nc3cc(C)[nH]n3)cc(N3CCN(C)CC3)n2)CC1. The van der Waals surface area contributed by atoms with Crippen LogP contribution in [0, 0.1) is 6.92 Å². The zero-order valence-corrected chi connectivity index (χ0v) is 22.2. The van der Waals surface area contributed by atoms with Crippen molar-refractivity contribution in [2.45, 2.75) is 36.7 Å². The molecule has 2 fully saturated rings. The molecule has 0 spiro atoms. The molecule has 5 rings (SSSR count). The summed E-state index contributed by atoms with van der Waals surface area (Å²) in [5, 5.41) is 15.9. The molecule has 2 aliphatic rings. The number of anilines is 3. The molecule has 0 bridgehead atoms. The fourth-order valence-electron chi connectivity index (χ4n) is 4.55. The Labute approximate surface area is 221 Å². The average Bonchev–Trinajstić information content (AvgIpc) is 3.56. The van der Waals surface area contributed by atoms with Gasteiger partial charge in [0.05, 0.1) is 6.54 Å². The number of aromatic nitrogens is 6. The second kappa shape index (κ2) is 11.3. The first-order valence-electron chi connectivity index (χ1n) is 12.7. The molecule has 0 radical (unpaired) electrons. The summed E-state index contributed by atoms with van der Waals surface area (Å²) in [4.78, 5) is 29.2. The summed E-state index contributed by atoms with van der Waals surface area (Å²) in [6, 6.07) is 5.81. The highest BCUT2D eigenvalue weighted by Crippen LogP contribution is 2.31. The molecule has 0 aromatic carbocycles. The molecule has 37 heavy (non-hydrogen) atoms. The van der Waals surface area contributed by atoms with Gasteiger partial charge >= 0.3 is 0 Å². The van der Waals surface area contributed by atoms with Crippen molar-refractivity contribution in [1.82, 2.24) is 39.7 Å². The van der Waals surface area contributed by atoms with Gasteiger partial charge in [-0.1, -0.05) is 18.3 Å². The molecule has 2 aliphatic heterocycles. The lowest BCUT2D eigenvalue weighted by Gasteiger charge is -2.34. The van der Waals surface area contributed by atoms with Gasteiger partial charge in [0.15, 0.2) is 11.0 Å². The Bertz CT molecular complexity index is 1210. The molecule has 0 unspecified atom stereocenters. The number of carbonyl (C=O) groups excluding carboxylic acids is 1. The second-order valence-electron chi connectivity index (χ2n) is 9.66. The van der Waals surface area contributed by atoms with E-state index in [4.69, 9.17) is 9.97 Å². The average molecular weight is 523 g/mol. The summed E-state index contributed by atoms with van der Waals surface area (Å²) >= 11 is 1.70. The molecule has 0 aliphatic carbocycles. The van der Waals surface area contributed by atoms with Crippen LogP contribution in [0.2, 0.25) is 0 Å². The quantitative estimate of drug-likeness (QED) is 0.341. The molecule has 2 saturated heterocycles. The van der Waals surface area contributed by atoms with Crippen molar-refractivity contribution in [3.8, 4) is 0 Å². The van der Waals surface area contributed by atoms with E-state index in [-0.39, 0.29) is 5.91 Å². The number of hydrogen-bond donors (Lipinski definition) is 2. The highest BCUT2D eigenvalue weighted by molar-refractivity contribution is 7.99. The van der Waals surface area contributed by atoms with Crippen LogP contribution in [0.3, 0.4) is 0 Å². The number of amides is 1. The number of H-pyrrole nitrogens is 1. The van der Waals surface area contributed by atoms with Crippen LogP contribution in [0.15, 0.2) is 47.9 Å². The fourth-order valence-corrected chi connectivity index (χ4v) is 5.59. The molecule has 12 heteroatoms. The van der Waals surface area contributed by atoms with E-state index in [1.165, 1.54) is 0 Å². The van der Waals surface area contributed by atoms with E-state index in [1.807, 2.05) is 36.2 Å². The van der Waals surface area contributed by atoms with Crippen molar-refractivity contribution in [3.05, 3.63) is 48.4 Å². The van der Waals surface area contributed by atoms with Crippen molar-refractivity contribution in [3.63, 3.8) is 0 Å². The third kappa shape index (κ3) is 6.50. The summed E-state index contributed by atoms with van der Waals surface area (Å²) in [5.41, 5.74) is 1.54. The van der Waals surface area contributed by atoms with Crippen LogP contribution in [0.1, 0.15) is 18.5 Å². The number of likely N-dealkylation sites (tertiary alicyclic amines) is 1. The maximum atomic E-state index is 12.9. The zero-order valence-electron chi connectivity index (χ0n) is 21.4. The van der Waals surface area contributed by atoms with Crippen molar-refractivity contribution in [1.29, 1.82) is 0 Å². The molecule has 196 valence electrons. The number of aromatic amines is 1. The van der Waals surface area contributed by atoms with Gasteiger partial charge in [-0.25, -0.2) is 9.97 Å². The predicted octanol–water partition coefficient (Wildman–Crippen LogP) is 2.54. The highest BCUT2D eigenvalue weighted by atomic mass is 32.2. The van der Waals surface area contributed by atoms with Crippen LogP contribution in [0.25, 0.3) is 0 Å². The number of rotatable bonds is 8. The monoisotopic (exact) mass is 522 g/mol. The number of likely N-dealkylation sites (N-methyl/N-ethyl adjacent to an activating group) is 1. The lowest BCUT2D eigenvalue weighted by Crippen LogP contribution is -2.44. The van der Waals surface area contributed by atoms with Crippen molar-refractivity contribution in [2.24, 2.45) is 0 Å². The number of hydrogen-bond acceptors (Lipinski definition) is 9. The van der Waals surface area contributed by atoms with Crippen molar-refractivity contribution >= 4 is 35.1 Å². The van der Waals surface area contributed by atoms with E-state index < -0.39 is 0 Å². The summed E-state index contributed by atoms with van der Waals surface area (Å²) in [6.07, 6.45) is 5.32. The first kappa shape index (κ1) is 25.3. The lowest BCUT2D eigenvalue weighted by molar-refractivity contribution is -0.128. The Morgan fingerprint density at radius 2 is 1.92 bits per heavy atom. The summed E-state index contributed by atoms with van der Waals surface area (Å²) in [6.45, 7) is 11.7. The predicted molar refractivity (Wildman–Crippen MR) is 145 cm³/mol. The van der Waals surface area contributed by atoms with E-state index in [0.29, 0.717) is 30.5 Å². The topological polar surface area (TPSA) is 111 Å². The van der Waals surface area contributed by atoms with E-state index >= 15 is 0 Å². The van der Waals surface area contributed by atoms with Gasteiger partial charge in [-0.3, -0.25) is 14.6 Å². The van der Waals surface area contributed by atoms with Gasteiger partial charge in [0, 0.05) is 80.3 Å². The van der Waals surface area contributed by atoms with Crippen molar-refractivity contribution in [2.75, 3.05) is 56.5 Å². The van der Waals surface area contributed by atoms with Crippen LogP contribution in [0.4, 0.5) is 17.5 Å². The first-order chi connectivity index (χ1) is 17.9. The van der Waals surface area contributed by atoms with Gasteiger partial charge in [0.2, 0.25) is 0 Å². The smallest absolute Gasteiger partial charge is 0.251 e. The number of thioether (sulfide) groups is 1. The van der Waals surface area contributed by atoms with Gasteiger partial charge < -0.3 is 20.0 Å². The summed E-state index contributed by atoms with van der Waals surface area (Å²) in [5.74, 6) is 2.41. The van der Waals surface area contributed by atoms with Crippen LogP contribution < -0.4 is 10.2 Å². The number of carbonyl (C=O) groups is 1. The maximum Gasteiger partial charge on any atom is 0.251 e. The Kier molecular flexibility index (Phi) is 7.75. The molecular weight excluding hydrogens is 488 g/mol. The Morgan fingerprint density at radius 1 is 1.14 bits per heavy atom. The highest BCUT2D eigenvalue weighted by Gasteiger charge is 2.26. The Balaban J connectivity index is 1.23. The molecule has 0 saturated carbocycles. The summed E-state index contributed by atoms with van der Waals surface area (Å²) < 4.78 is 1.73. The number of piperidine rings is 1. The third-order valence-electron chi connectivity index (χ3n) is 6.70. The standard InChI is InChI=1S/C25H34N10OS/c1-18(17-35-8-4-7-26-35)24(36)34-9-5-20(6-10-34)37-25-28-21(27-22-15-19(2)30-31-22)16-23(29-25)33-13-11-32(3)12-14-33/h4,7-8,15-16,20H,1,5-6,9-14,17H2,2-3H3,(H2,27,28,29,30,31). The largest absolute Gasteiger partial charge is 0.354 e. The minimum atomic E-state index is 0.00745. The summed E-state index contributed by atoms with van der Waals surface area (Å²) in [7, 11) is 2.15. The molecule has 11 nitrogen and oxygen atoms in total. The number of piperazine rings is 1. The molecule has 0 atom stereocenters. The molecule has 1 amide bonds. The zero-order chi connectivity index (χ0) is 25.8. The molecule has 5 heterocycles. The van der Waals surface area contributed by atoms with Gasteiger partial charge in [0.1, 0.15) is 11.6 Å². The van der Waals surface area contributed by atoms with Crippen LogP contribution in [-0.2, 0) is 11.3 Å². The molecule has 2 N–H and O–H groups in total. The van der Waals surface area contributed by atoms with Gasteiger partial charge in [-0.15, -0.1) is 0 Å². The maximum absolute atomic E-state index is 12.9. The van der Waals surface area contributed by atoms with Crippen LogP contribution in [0.5, 0.6) is 0 Å².